The van der Waals surface area contributed by atoms with Gasteiger partial charge < -0.3 is 19.5 Å². The van der Waals surface area contributed by atoms with E-state index < -0.39 is 5.91 Å². The first-order valence-corrected chi connectivity index (χ1v) is 13.5. The third-order valence-corrected chi connectivity index (χ3v) is 7.15. The molecule has 1 heterocycles. The highest BCUT2D eigenvalue weighted by atomic mass is 79.9. The van der Waals surface area contributed by atoms with Crippen LogP contribution in [-0.4, -0.2) is 24.1 Å². The number of thioether (sulfide) groups is 1. The first kappa shape index (κ1) is 27.0. The topological polar surface area (TPSA) is 86.2 Å². The van der Waals surface area contributed by atoms with Crippen LogP contribution in [0.25, 0.3) is 6.08 Å². The number of nitrogens with zero attached hydrogens (tertiary/aromatic N) is 1. The monoisotopic (exact) mass is 644 g/mol. The van der Waals surface area contributed by atoms with Crippen LogP contribution in [0.5, 0.6) is 17.2 Å². The molecule has 1 N–H and O–H groups in total. The van der Waals surface area contributed by atoms with E-state index in [1.54, 1.807) is 13.2 Å². The normalized spacial score (nSPS) is 13.9. The molecule has 1 aliphatic heterocycles. The Balaban J connectivity index is 1.42. The number of hydrogen-bond donors (Lipinski definition) is 1. The maximum atomic E-state index is 12.2. The number of ether oxygens (including phenoxy) is 3. The lowest BCUT2D eigenvalue weighted by atomic mass is 10.2. The molecule has 0 fully saturated rings. The Morgan fingerprint density at radius 2 is 1.68 bits per heavy atom. The molecule has 3 aromatic carbocycles. The Kier molecular flexibility index (Phi) is 9.07. The third kappa shape index (κ3) is 7.24. The fourth-order valence-electron chi connectivity index (χ4n) is 3.38. The van der Waals surface area contributed by atoms with E-state index in [-0.39, 0.29) is 11.1 Å². The number of rotatable bonds is 8. The molecule has 0 aromatic heterocycles. The molecule has 0 aliphatic carbocycles. The number of hydrogen-bond acceptors (Lipinski definition) is 6. The summed E-state index contributed by atoms with van der Waals surface area (Å²) >= 11 is 8.23. The van der Waals surface area contributed by atoms with Gasteiger partial charge in [0.2, 0.25) is 5.91 Å². The van der Waals surface area contributed by atoms with Crippen molar-refractivity contribution >= 4 is 66.7 Å². The molecule has 3 aromatic rings. The minimum atomic E-state index is -0.397. The van der Waals surface area contributed by atoms with Gasteiger partial charge in [0.15, 0.2) is 16.7 Å². The summed E-state index contributed by atoms with van der Waals surface area (Å²) in [6.45, 7) is 2.11. The zero-order valence-corrected chi connectivity index (χ0v) is 23.9. The van der Waals surface area contributed by atoms with Crippen LogP contribution in [0.15, 0.2) is 79.5 Å². The molecule has 0 spiro atoms. The zero-order chi connectivity index (χ0) is 26.4. The number of amidine groups is 1. The average Bonchev–Trinajstić information content (AvgIpc) is 3.20. The average molecular weight is 646 g/mol. The van der Waals surface area contributed by atoms with Crippen LogP contribution in [0.1, 0.15) is 23.6 Å². The number of benzene rings is 3. The summed E-state index contributed by atoms with van der Waals surface area (Å²) in [5.74, 6) is 1.22. The molecule has 0 saturated carbocycles. The van der Waals surface area contributed by atoms with Crippen LogP contribution in [0, 0.1) is 0 Å². The van der Waals surface area contributed by atoms with Crippen LogP contribution in [0.3, 0.4) is 0 Å². The summed E-state index contributed by atoms with van der Waals surface area (Å²) in [6, 6.07) is 19.3. The molecule has 0 atom stereocenters. The lowest BCUT2D eigenvalue weighted by Crippen LogP contribution is -2.23. The molecule has 10 heteroatoms. The van der Waals surface area contributed by atoms with Crippen LogP contribution < -0.4 is 19.5 Å². The first-order chi connectivity index (χ1) is 17.8. The molecule has 0 unspecified atom stereocenters. The van der Waals surface area contributed by atoms with Crippen molar-refractivity contribution in [3.63, 3.8) is 0 Å². The quantitative estimate of drug-likeness (QED) is 0.282. The van der Waals surface area contributed by atoms with E-state index in [0.29, 0.717) is 44.3 Å². The number of halogens is 2. The number of nitrogens with one attached hydrogen (secondary N) is 1. The maximum Gasteiger partial charge on any atom is 0.286 e. The Labute approximate surface area is 235 Å². The number of aliphatic imine (C=N–C) groups is 1. The zero-order valence-electron chi connectivity index (χ0n) is 19.9. The second-order valence-electron chi connectivity index (χ2n) is 7.88. The van der Waals surface area contributed by atoms with Crippen LogP contribution in [0.4, 0.5) is 0 Å². The van der Waals surface area contributed by atoms with Crippen LogP contribution in [-0.2, 0) is 22.8 Å². The first-order valence-electron chi connectivity index (χ1n) is 11.1. The van der Waals surface area contributed by atoms with Gasteiger partial charge in [-0.25, -0.2) is 0 Å². The van der Waals surface area contributed by atoms with E-state index >= 15 is 0 Å². The van der Waals surface area contributed by atoms with Crippen molar-refractivity contribution in [3.8, 4) is 17.2 Å². The fourth-order valence-corrected chi connectivity index (χ4v) is 5.69. The second-order valence-corrected chi connectivity index (χ2v) is 10.6. The Morgan fingerprint density at radius 1 is 0.973 bits per heavy atom. The summed E-state index contributed by atoms with van der Waals surface area (Å²) in [4.78, 5) is 27.6. The summed E-state index contributed by atoms with van der Waals surface area (Å²) < 4.78 is 18.9. The Hall–Kier alpha value is -3.08. The molecule has 7 nitrogen and oxygen atoms in total. The van der Waals surface area contributed by atoms with Crippen molar-refractivity contribution < 1.29 is 23.8 Å². The van der Waals surface area contributed by atoms with Gasteiger partial charge in [-0.15, -0.1) is 0 Å². The summed E-state index contributed by atoms with van der Waals surface area (Å²) in [7, 11) is 1.60. The van der Waals surface area contributed by atoms with Gasteiger partial charge in [-0.3, -0.25) is 9.59 Å². The van der Waals surface area contributed by atoms with E-state index in [0.717, 1.165) is 28.5 Å². The highest BCUT2D eigenvalue weighted by Crippen LogP contribution is 2.38. The lowest BCUT2D eigenvalue weighted by molar-refractivity contribution is -0.117. The predicted molar refractivity (Wildman–Crippen MR) is 152 cm³/mol. The second kappa shape index (κ2) is 12.4. The molecule has 0 radical (unpaired) electrons. The van der Waals surface area contributed by atoms with Crippen LogP contribution >= 0.6 is 43.6 Å². The van der Waals surface area contributed by atoms with Crippen molar-refractivity contribution in [2.75, 3.05) is 7.11 Å². The van der Waals surface area contributed by atoms with Crippen molar-refractivity contribution in [2.24, 2.45) is 4.99 Å². The van der Waals surface area contributed by atoms with Crippen molar-refractivity contribution in [1.82, 2.24) is 5.32 Å². The molecule has 1 aliphatic rings. The van der Waals surface area contributed by atoms with E-state index in [1.807, 2.05) is 60.7 Å². The number of amides is 2. The van der Waals surface area contributed by atoms with E-state index in [1.165, 1.54) is 6.92 Å². The number of methoxy groups -OCH3 is 1. The molecular formula is C27H22Br2N2O5S. The largest absolute Gasteiger partial charge is 0.493 e. The SMILES string of the molecule is COc1cc(COc2c(Br)cc(/C=C3/SC(NC(C)=O)=NC3=O)cc2Br)ccc1OCc1ccccc1. The van der Waals surface area contributed by atoms with Crippen LogP contribution in [0.2, 0.25) is 0 Å². The predicted octanol–water partition coefficient (Wildman–Crippen LogP) is 6.48. The smallest absolute Gasteiger partial charge is 0.286 e. The molecule has 37 heavy (non-hydrogen) atoms. The number of carbonyl (C=O) groups excluding carboxylic acids is 2. The van der Waals surface area contributed by atoms with Gasteiger partial charge in [0, 0.05) is 6.92 Å². The van der Waals surface area contributed by atoms with Gasteiger partial charge >= 0.3 is 0 Å². The molecular weight excluding hydrogens is 624 g/mol. The van der Waals surface area contributed by atoms with Gasteiger partial charge in [0.25, 0.3) is 5.91 Å². The summed E-state index contributed by atoms with van der Waals surface area (Å²) in [5, 5.41) is 2.81. The summed E-state index contributed by atoms with van der Waals surface area (Å²) in [5.41, 5.74) is 2.75. The molecule has 190 valence electrons. The molecule has 0 bridgehead atoms. The van der Waals surface area contributed by atoms with E-state index in [9.17, 15) is 9.59 Å². The van der Waals surface area contributed by atoms with Gasteiger partial charge in [-0.05, 0) is 90.7 Å². The number of carbonyl (C=O) groups is 2. The van der Waals surface area contributed by atoms with Gasteiger partial charge in [0.05, 0.1) is 21.0 Å². The fraction of sp³-hybridized carbons (Fsp3) is 0.148. The standard InChI is InChI=1S/C27H22Br2N2O5S/c1-16(32)30-27-31-26(33)24(37-27)13-19-10-20(28)25(21(29)11-19)36-15-18-8-9-22(23(12-18)34-2)35-14-17-6-4-3-5-7-17/h3-13H,14-15H2,1-2H3,(H,30,31,32,33)/b24-13+. The highest BCUT2D eigenvalue weighted by molar-refractivity contribution is 9.11. The van der Waals surface area contributed by atoms with Crippen molar-refractivity contribution in [3.05, 3.63) is 91.2 Å². The summed E-state index contributed by atoms with van der Waals surface area (Å²) in [6.07, 6.45) is 1.71. The van der Waals surface area contributed by atoms with Crippen molar-refractivity contribution in [1.29, 1.82) is 0 Å². The molecule has 2 amide bonds. The van der Waals surface area contributed by atoms with E-state index in [2.05, 4.69) is 42.2 Å². The Morgan fingerprint density at radius 3 is 2.35 bits per heavy atom. The van der Waals surface area contributed by atoms with Gasteiger partial charge in [0.1, 0.15) is 19.0 Å². The maximum absolute atomic E-state index is 12.2. The van der Waals surface area contributed by atoms with Gasteiger partial charge in [-0.2, -0.15) is 4.99 Å². The third-order valence-electron chi connectivity index (χ3n) is 5.07. The lowest BCUT2D eigenvalue weighted by Gasteiger charge is -2.14. The van der Waals surface area contributed by atoms with Gasteiger partial charge in [-0.1, -0.05) is 36.4 Å². The molecule has 4 rings (SSSR count). The van der Waals surface area contributed by atoms with Crippen molar-refractivity contribution in [2.45, 2.75) is 20.1 Å². The Bertz CT molecular complexity index is 1370. The molecule has 0 saturated heterocycles. The van der Waals surface area contributed by atoms with E-state index in [4.69, 9.17) is 14.2 Å². The minimum Gasteiger partial charge on any atom is -0.493 e. The highest BCUT2D eigenvalue weighted by Gasteiger charge is 2.23. The minimum absolute atomic E-state index is 0.272.